The van der Waals surface area contributed by atoms with Crippen molar-refractivity contribution >= 4 is 18.7 Å². The van der Waals surface area contributed by atoms with E-state index in [-0.39, 0.29) is 17.1 Å². The van der Waals surface area contributed by atoms with E-state index in [0.717, 1.165) is 0 Å². The summed E-state index contributed by atoms with van der Waals surface area (Å²) in [7, 11) is -8.35. The summed E-state index contributed by atoms with van der Waals surface area (Å²) < 4.78 is 38.5. The Kier molecular flexibility index (Phi) is 5.80. The zero-order valence-electron chi connectivity index (χ0n) is 3.70. The minimum atomic E-state index is -4.82. The predicted octanol–water partition coefficient (Wildman–Crippen LogP) is -1.18. The molecule has 0 saturated heterocycles. The molecule has 0 aromatic rings. The number of hydrogen-bond acceptors (Lipinski definition) is 5. The van der Waals surface area contributed by atoms with Gasteiger partial charge in [0.1, 0.15) is 0 Å². The molecule has 0 amide bonds. The number of hydrogen-bond donors (Lipinski definition) is 1. The van der Waals surface area contributed by atoms with Gasteiger partial charge in [-0.05, 0) is 4.57 Å². The zero-order valence-corrected chi connectivity index (χ0v) is 6.51. The van der Waals surface area contributed by atoms with Crippen molar-refractivity contribution in [1.29, 1.82) is 0 Å². The number of rotatable bonds is 2. The Morgan fingerprint density at radius 1 is 1.56 bits per heavy atom. The second-order valence-corrected chi connectivity index (χ2v) is 2.62. The Hall–Kier alpha value is 0.449. The molecular formula is HFeO6PS. The second-order valence-electron chi connectivity index (χ2n) is 0.726. The molecule has 9 heteroatoms. The van der Waals surface area contributed by atoms with Crippen molar-refractivity contribution in [3.05, 3.63) is 0 Å². The largest absolute Gasteiger partial charge is 0.566 e. The minimum Gasteiger partial charge on any atom is -0.566 e. The van der Waals surface area contributed by atoms with Crippen LogP contribution in [0.3, 0.4) is 0 Å². The van der Waals surface area contributed by atoms with Gasteiger partial charge in [0.05, 0.1) is 0 Å². The Balaban J connectivity index is 0. The van der Waals surface area contributed by atoms with E-state index in [4.69, 9.17) is 4.55 Å². The van der Waals surface area contributed by atoms with Crippen LogP contribution < -0.4 is 4.89 Å². The summed E-state index contributed by atoms with van der Waals surface area (Å²) in [5, 5.41) is 0. The fourth-order valence-electron chi connectivity index (χ4n) is 0.0769. The molecule has 0 fully saturated rings. The van der Waals surface area contributed by atoms with Crippen molar-refractivity contribution in [2.75, 3.05) is 0 Å². The van der Waals surface area contributed by atoms with Gasteiger partial charge in [0, 0.05) is 21.0 Å². The summed E-state index contributed by atoms with van der Waals surface area (Å²) in [6.07, 6.45) is 0. The molecule has 0 aromatic carbocycles. The maximum Gasteiger partial charge on any atom is 0.507 e. The molecule has 0 aliphatic heterocycles. The van der Waals surface area contributed by atoms with Crippen LogP contribution in [-0.4, -0.2) is 13.0 Å². The summed E-state index contributed by atoms with van der Waals surface area (Å²) in [6.45, 7) is 0. The maximum atomic E-state index is 9.39. The first kappa shape index (κ1) is 12.2. The van der Waals surface area contributed by atoms with Crippen molar-refractivity contribution in [1.82, 2.24) is 0 Å². The normalized spacial score (nSPS) is 12.0. The molecule has 9 heavy (non-hydrogen) atoms. The van der Waals surface area contributed by atoms with Crippen molar-refractivity contribution in [2.45, 2.75) is 0 Å². The van der Waals surface area contributed by atoms with E-state index in [0.29, 0.717) is 0 Å². The van der Waals surface area contributed by atoms with Gasteiger partial charge in [-0.15, -0.1) is 0 Å². The van der Waals surface area contributed by atoms with E-state index in [2.05, 4.69) is 3.97 Å². The Labute approximate surface area is 62.6 Å². The first-order valence-corrected chi connectivity index (χ1v) is 3.69. The topological polar surface area (TPSA) is 104 Å². The molecule has 0 bridgehead atoms. The van der Waals surface area contributed by atoms with E-state index in [1.165, 1.54) is 0 Å². The van der Waals surface area contributed by atoms with Crippen LogP contribution >= 0.6 is 8.25 Å². The van der Waals surface area contributed by atoms with Gasteiger partial charge in [0.25, 0.3) is 0 Å². The molecule has 1 unspecified atom stereocenters. The maximum absolute atomic E-state index is 9.39. The van der Waals surface area contributed by atoms with Gasteiger partial charge < -0.3 is 4.89 Å². The molecule has 1 N–H and O–H groups in total. The first-order chi connectivity index (χ1) is 3.42. The van der Waals surface area contributed by atoms with Crippen LogP contribution in [0.2, 0.25) is 0 Å². The summed E-state index contributed by atoms with van der Waals surface area (Å²) in [5.74, 6) is 0. The van der Waals surface area contributed by atoms with Crippen molar-refractivity contribution < 1.29 is 43.5 Å². The first-order valence-electron chi connectivity index (χ1n) is 1.23. The van der Waals surface area contributed by atoms with Gasteiger partial charge in [-0.25, -0.2) is 0 Å². The molecule has 0 aliphatic carbocycles. The van der Waals surface area contributed by atoms with Crippen molar-refractivity contribution in [3.8, 4) is 0 Å². The Bertz CT molecular complexity index is 179. The van der Waals surface area contributed by atoms with E-state index in [1.807, 2.05) is 0 Å². The van der Waals surface area contributed by atoms with Gasteiger partial charge in [-0.3, -0.25) is 4.55 Å². The van der Waals surface area contributed by atoms with Crippen LogP contribution in [0.1, 0.15) is 0 Å². The fourth-order valence-corrected chi connectivity index (χ4v) is 0.692. The van der Waals surface area contributed by atoms with E-state index in [9.17, 15) is 17.9 Å². The third-order valence-electron chi connectivity index (χ3n) is 0.155. The van der Waals surface area contributed by atoms with Crippen LogP contribution in [0.4, 0.5) is 0 Å². The molecule has 56 valence electrons. The SMILES string of the molecule is O=[P+]([O-])OS(=O)(=O)O.[Fe]. The summed E-state index contributed by atoms with van der Waals surface area (Å²) in [5.41, 5.74) is 0. The quantitative estimate of drug-likeness (QED) is 0.354. The smallest absolute Gasteiger partial charge is 0.507 e. The van der Waals surface area contributed by atoms with E-state index >= 15 is 0 Å². The molecule has 0 aliphatic rings. The van der Waals surface area contributed by atoms with Gasteiger partial charge in [0.15, 0.2) is 0 Å². The van der Waals surface area contributed by atoms with Gasteiger partial charge >= 0.3 is 18.7 Å². The summed E-state index contributed by atoms with van der Waals surface area (Å²) in [6, 6.07) is 0. The molecule has 1 atom stereocenters. The average molecular weight is 216 g/mol. The van der Waals surface area contributed by atoms with Crippen LogP contribution in [0.5, 0.6) is 0 Å². The summed E-state index contributed by atoms with van der Waals surface area (Å²) in [4.78, 5) is 9.29. The van der Waals surface area contributed by atoms with Crippen LogP contribution in [-0.2, 0) is 36.0 Å². The monoisotopic (exact) mass is 216 g/mol. The fraction of sp³-hybridized carbons (Fsp3) is 0. The third-order valence-corrected chi connectivity index (χ3v) is 1.40. The van der Waals surface area contributed by atoms with Crippen LogP contribution in [0, 0.1) is 0 Å². The van der Waals surface area contributed by atoms with Crippen LogP contribution in [0.25, 0.3) is 0 Å². The molecule has 0 aromatic heterocycles. The average Bonchev–Trinajstić information content (AvgIpc) is 1.21. The van der Waals surface area contributed by atoms with Crippen LogP contribution in [0.15, 0.2) is 0 Å². The van der Waals surface area contributed by atoms with Gasteiger partial charge in [-0.1, -0.05) is 0 Å². The standard InChI is InChI=1S/Fe.HO6PS/c;1-7(2)6-8(3,4)5/h;(H,3,4,5). The molecule has 0 radical (unpaired) electrons. The zero-order chi connectivity index (χ0) is 6.78. The molecule has 0 rings (SSSR count). The Morgan fingerprint density at radius 3 is 1.89 bits per heavy atom. The van der Waals surface area contributed by atoms with E-state index < -0.39 is 18.7 Å². The van der Waals surface area contributed by atoms with Crippen molar-refractivity contribution in [3.63, 3.8) is 0 Å². The van der Waals surface area contributed by atoms with Gasteiger partial charge in [-0.2, -0.15) is 8.42 Å². The second kappa shape index (κ2) is 4.29. The molecule has 0 spiro atoms. The third kappa shape index (κ3) is 11.8. The van der Waals surface area contributed by atoms with E-state index in [1.54, 1.807) is 0 Å². The Morgan fingerprint density at radius 2 is 1.89 bits per heavy atom. The minimum absolute atomic E-state index is 0. The van der Waals surface area contributed by atoms with Gasteiger partial charge in [0.2, 0.25) is 0 Å². The van der Waals surface area contributed by atoms with Crippen molar-refractivity contribution in [2.24, 2.45) is 0 Å². The summed E-state index contributed by atoms with van der Waals surface area (Å²) >= 11 is 0. The molecule has 6 nitrogen and oxygen atoms in total. The molecule has 0 saturated carbocycles. The molecular weight excluding hydrogens is 215 g/mol. The molecule has 0 heterocycles. The predicted molar refractivity (Wildman–Crippen MR) is 20.2 cm³/mol.